The average Bonchev–Trinajstić information content (AvgIpc) is 3.05. The van der Waals surface area contributed by atoms with Crippen LogP contribution in [-0.4, -0.2) is 25.0 Å². The Labute approximate surface area is 153 Å². The Kier molecular flexibility index (Phi) is 7.21. The highest BCUT2D eigenvalue weighted by atomic mass is 35.5. The lowest BCUT2D eigenvalue weighted by Gasteiger charge is -2.30. The van der Waals surface area contributed by atoms with Crippen molar-refractivity contribution in [3.63, 3.8) is 0 Å². The molecule has 0 radical (unpaired) electrons. The first-order valence-corrected chi connectivity index (χ1v) is 8.98. The molecule has 3 rings (SSSR count). The van der Waals surface area contributed by atoms with E-state index in [9.17, 15) is 4.79 Å². The lowest BCUT2D eigenvalue weighted by molar-refractivity contribution is 0.0885. The van der Waals surface area contributed by atoms with Crippen LogP contribution in [0.5, 0.6) is 0 Å². The maximum absolute atomic E-state index is 12.5. The van der Waals surface area contributed by atoms with Gasteiger partial charge in [0, 0.05) is 22.3 Å². The summed E-state index contributed by atoms with van der Waals surface area (Å²) in [7, 11) is 0. The van der Waals surface area contributed by atoms with Gasteiger partial charge in [-0.05, 0) is 43.6 Å². The van der Waals surface area contributed by atoms with Crippen LogP contribution in [0, 0.1) is 5.92 Å². The molecule has 2 unspecified atom stereocenters. The van der Waals surface area contributed by atoms with E-state index in [4.69, 9.17) is 4.42 Å². The summed E-state index contributed by atoms with van der Waals surface area (Å²) >= 11 is 1.71. The number of benzene rings is 1. The molecule has 1 aliphatic heterocycles. The monoisotopic (exact) mass is 366 g/mol. The molecule has 1 amide bonds. The largest absolute Gasteiger partial charge is 0.459 e. The second-order valence-corrected chi connectivity index (χ2v) is 6.98. The Morgan fingerprint density at radius 1 is 1.33 bits per heavy atom. The van der Waals surface area contributed by atoms with Gasteiger partial charge in [-0.1, -0.05) is 25.1 Å². The van der Waals surface area contributed by atoms with E-state index < -0.39 is 0 Å². The highest BCUT2D eigenvalue weighted by Gasteiger charge is 2.25. The summed E-state index contributed by atoms with van der Waals surface area (Å²) in [5.41, 5.74) is 0.943. The predicted octanol–water partition coefficient (Wildman–Crippen LogP) is 3.72. The molecule has 2 aromatic rings. The molecule has 0 saturated carbocycles. The van der Waals surface area contributed by atoms with Crippen molar-refractivity contribution in [3.05, 3.63) is 54.0 Å². The molecule has 2 atom stereocenters. The van der Waals surface area contributed by atoms with Gasteiger partial charge in [-0.3, -0.25) is 4.79 Å². The van der Waals surface area contributed by atoms with Gasteiger partial charge >= 0.3 is 0 Å². The summed E-state index contributed by atoms with van der Waals surface area (Å²) in [5.74, 6) is 1.51. The van der Waals surface area contributed by atoms with Crippen LogP contribution in [0.4, 0.5) is 0 Å². The van der Waals surface area contributed by atoms with E-state index in [0.717, 1.165) is 30.8 Å². The Bertz CT molecular complexity index is 647. The number of thioether (sulfide) groups is 1. The van der Waals surface area contributed by atoms with Crippen molar-refractivity contribution >= 4 is 30.1 Å². The molecule has 1 aromatic carbocycles. The van der Waals surface area contributed by atoms with Crippen molar-refractivity contribution in [2.24, 2.45) is 5.92 Å². The molecule has 0 aliphatic carbocycles. The number of carbonyl (C=O) groups is 1. The first-order valence-electron chi connectivity index (χ1n) is 8.00. The van der Waals surface area contributed by atoms with Crippen molar-refractivity contribution in [2.75, 3.05) is 13.1 Å². The summed E-state index contributed by atoms with van der Waals surface area (Å²) in [5, 5.41) is 6.47. The minimum Gasteiger partial charge on any atom is -0.459 e. The van der Waals surface area contributed by atoms with Crippen LogP contribution >= 0.6 is 24.2 Å². The maximum Gasteiger partial charge on any atom is 0.287 e. The normalized spacial score (nSPS) is 20.2. The first-order chi connectivity index (χ1) is 11.2. The fourth-order valence-corrected chi connectivity index (χ4v) is 3.69. The molecule has 2 heterocycles. The molecule has 0 spiro atoms. The molecule has 0 bridgehead atoms. The lowest BCUT2D eigenvalue weighted by Crippen LogP contribution is -2.48. The molecule has 1 aromatic heterocycles. The molecule has 1 aliphatic rings. The van der Waals surface area contributed by atoms with Crippen LogP contribution < -0.4 is 10.6 Å². The quantitative estimate of drug-likeness (QED) is 0.792. The Morgan fingerprint density at radius 3 is 2.88 bits per heavy atom. The second-order valence-electron chi connectivity index (χ2n) is 5.93. The van der Waals surface area contributed by atoms with Gasteiger partial charge < -0.3 is 15.1 Å². The van der Waals surface area contributed by atoms with Crippen LogP contribution in [0.25, 0.3) is 0 Å². The third-order valence-electron chi connectivity index (χ3n) is 4.19. The van der Waals surface area contributed by atoms with Crippen LogP contribution in [0.1, 0.15) is 29.5 Å². The van der Waals surface area contributed by atoms with Gasteiger partial charge in [-0.15, -0.1) is 24.2 Å². The number of amides is 1. The average molecular weight is 367 g/mol. The van der Waals surface area contributed by atoms with Crippen LogP contribution in [0.3, 0.4) is 0 Å². The standard InChI is InChI=1S/C18H22N2O2S.ClH/c1-13-11-19-9-7-16(13)20-18(21)17-14(8-10-22-17)12-23-15-5-3-2-4-6-15;/h2-6,8,10,13,16,19H,7,9,11-12H2,1H3,(H,20,21);1H. The summed E-state index contributed by atoms with van der Waals surface area (Å²) < 4.78 is 5.45. The molecule has 2 N–H and O–H groups in total. The van der Waals surface area contributed by atoms with E-state index in [1.165, 1.54) is 4.90 Å². The van der Waals surface area contributed by atoms with E-state index in [1.54, 1.807) is 18.0 Å². The molecule has 1 saturated heterocycles. The van der Waals surface area contributed by atoms with Crippen molar-refractivity contribution in [1.29, 1.82) is 0 Å². The van der Waals surface area contributed by atoms with Crippen molar-refractivity contribution in [3.8, 4) is 0 Å². The minimum absolute atomic E-state index is 0. The molecule has 24 heavy (non-hydrogen) atoms. The lowest BCUT2D eigenvalue weighted by atomic mass is 9.95. The van der Waals surface area contributed by atoms with Gasteiger partial charge in [-0.2, -0.15) is 0 Å². The number of halogens is 1. The zero-order valence-electron chi connectivity index (χ0n) is 13.7. The van der Waals surface area contributed by atoms with E-state index in [2.05, 4.69) is 29.7 Å². The smallest absolute Gasteiger partial charge is 0.287 e. The molecule has 6 heteroatoms. The molecular weight excluding hydrogens is 344 g/mol. The third-order valence-corrected chi connectivity index (χ3v) is 5.25. The highest BCUT2D eigenvalue weighted by molar-refractivity contribution is 7.98. The van der Waals surface area contributed by atoms with Gasteiger partial charge in [0.15, 0.2) is 5.76 Å². The van der Waals surface area contributed by atoms with Crippen molar-refractivity contribution in [2.45, 2.75) is 30.0 Å². The van der Waals surface area contributed by atoms with E-state index in [-0.39, 0.29) is 24.4 Å². The Morgan fingerprint density at radius 2 is 2.12 bits per heavy atom. The Balaban J connectivity index is 0.00000208. The first kappa shape index (κ1) is 18.9. The molecule has 1 fully saturated rings. The number of rotatable bonds is 5. The summed E-state index contributed by atoms with van der Waals surface area (Å²) in [6.07, 6.45) is 2.56. The summed E-state index contributed by atoms with van der Waals surface area (Å²) in [6, 6.07) is 12.3. The van der Waals surface area contributed by atoms with Crippen LogP contribution in [0.15, 0.2) is 52.0 Å². The number of piperidine rings is 1. The fourth-order valence-electron chi connectivity index (χ4n) is 2.79. The van der Waals surface area contributed by atoms with Crippen molar-refractivity contribution < 1.29 is 9.21 Å². The topological polar surface area (TPSA) is 54.3 Å². The SMILES string of the molecule is CC1CNCCC1NC(=O)c1occc1CSc1ccccc1.Cl. The zero-order valence-corrected chi connectivity index (χ0v) is 15.3. The molecular formula is C18H23ClN2O2S. The number of nitrogens with one attached hydrogen (secondary N) is 2. The van der Waals surface area contributed by atoms with E-state index >= 15 is 0 Å². The fraction of sp³-hybridized carbons (Fsp3) is 0.389. The van der Waals surface area contributed by atoms with Crippen molar-refractivity contribution in [1.82, 2.24) is 10.6 Å². The van der Waals surface area contributed by atoms with Crippen LogP contribution in [-0.2, 0) is 5.75 Å². The molecule has 4 nitrogen and oxygen atoms in total. The van der Waals surface area contributed by atoms with E-state index in [0.29, 0.717) is 11.7 Å². The number of hydrogen-bond donors (Lipinski definition) is 2. The van der Waals surface area contributed by atoms with E-state index in [1.807, 2.05) is 24.3 Å². The van der Waals surface area contributed by atoms with Gasteiger partial charge in [0.2, 0.25) is 0 Å². The highest BCUT2D eigenvalue weighted by Crippen LogP contribution is 2.25. The number of furan rings is 1. The summed E-state index contributed by atoms with van der Waals surface area (Å²) in [6.45, 7) is 4.05. The number of carbonyl (C=O) groups excluding carboxylic acids is 1. The second kappa shape index (κ2) is 9.16. The maximum atomic E-state index is 12.5. The predicted molar refractivity (Wildman–Crippen MR) is 99.9 cm³/mol. The van der Waals surface area contributed by atoms with Gasteiger partial charge in [0.1, 0.15) is 0 Å². The zero-order chi connectivity index (χ0) is 16.1. The van der Waals surface area contributed by atoms with Gasteiger partial charge in [0.05, 0.1) is 6.26 Å². The molecule has 130 valence electrons. The van der Waals surface area contributed by atoms with Crippen LogP contribution in [0.2, 0.25) is 0 Å². The minimum atomic E-state index is -0.0996. The van der Waals surface area contributed by atoms with Gasteiger partial charge in [-0.25, -0.2) is 0 Å². The van der Waals surface area contributed by atoms with Gasteiger partial charge in [0.25, 0.3) is 5.91 Å². The number of hydrogen-bond acceptors (Lipinski definition) is 4. The summed E-state index contributed by atoms with van der Waals surface area (Å²) in [4.78, 5) is 13.7. The Hall–Kier alpha value is -1.43. The third kappa shape index (κ3) is 4.79.